The van der Waals surface area contributed by atoms with Crippen molar-refractivity contribution in [3.05, 3.63) is 0 Å². The summed E-state index contributed by atoms with van der Waals surface area (Å²) in [6.07, 6.45) is 14.8. The highest BCUT2D eigenvalue weighted by atomic mass is 16.6. The molecule has 0 saturated heterocycles. The lowest BCUT2D eigenvalue weighted by molar-refractivity contribution is -0.176. The van der Waals surface area contributed by atoms with E-state index in [0.29, 0.717) is 44.9 Å². The molecule has 54 heavy (non-hydrogen) atoms. The number of ether oxygens (including phenoxy) is 6. The van der Waals surface area contributed by atoms with E-state index in [9.17, 15) is 28.8 Å². The van der Waals surface area contributed by atoms with Crippen LogP contribution in [0.1, 0.15) is 195 Å². The first kappa shape index (κ1) is 50.8. The van der Waals surface area contributed by atoms with Crippen molar-refractivity contribution in [2.24, 2.45) is 0 Å². The molecule has 0 aromatic heterocycles. The Hall–Kier alpha value is -3.18. The summed E-state index contributed by atoms with van der Waals surface area (Å²) in [6.45, 7) is 9.34. The van der Waals surface area contributed by atoms with E-state index in [4.69, 9.17) is 28.4 Å². The first-order valence-corrected chi connectivity index (χ1v) is 21.1. The lowest BCUT2D eigenvalue weighted by atomic mass is 10.0. The second-order valence-electron chi connectivity index (χ2n) is 14.1. The molecule has 12 heteroatoms. The van der Waals surface area contributed by atoms with Crippen LogP contribution in [0.25, 0.3) is 0 Å². The molecule has 0 aromatic carbocycles. The number of unbranched alkanes of at least 4 members (excludes halogenated alkanes) is 12. The van der Waals surface area contributed by atoms with Crippen molar-refractivity contribution < 1.29 is 57.2 Å². The molecule has 0 bridgehead atoms. The van der Waals surface area contributed by atoms with Gasteiger partial charge in [0.2, 0.25) is 0 Å². The minimum absolute atomic E-state index is 0.156. The maximum atomic E-state index is 12.6. The molecular weight excluding hydrogens is 696 g/mol. The molecule has 314 valence electrons. The van der Waals surface area contributed by atoms with Crippen LogP contribution in [0.5, 0.6) is 0 Å². The summed E-state index contributed by atoms with van der Waals surface area (Å²) in [5.74, 6) is -2.40. The maximum Gasteiger partial charge on any atom is 0.306 e. The molecular formula is C42H74O12. The number of hydrogen-bond acceptors (Lipinski definition) is 12. The summed E-state index contributed by atoms with van der Waals surface area (Å²) < 4.78 is 33.1. The minimum atomic E-state index is -0.895. The van der Waals surface area contributed by atoms with Gasteiger partial charge in [-0.25, -0.2) is 0 Å². The monoisotopic (exact) mass is 771 g/mol. The predicted octanol–water partition coefficient (Wildman–Crippen LogP) is 9.20. The van der Waals surface area contributed by atoms with Crippen LogP contribution < -0.4 is 0 Å². The van der Waals surface area contributed by atoms with Gasteiger partial charge in [-0.3, -0.25) is 28.8 Å². The van der Waals surface area contributed by atoms with E-state index in [1.54, 1.807) is 0 Å². The second-order valence-corrected chi connectivity index (χ2v) is 14.1. The highest BCUT2D eigenvalue weighted by Gasteiger charge is 2.30. The molecule has 12 nitrogen and oxygen atoms in total. The van der Waals surface area contributed by atoms with E-state index in [1.165, 1.54) is 0 Å². The standard InChI is InChI=1S/C42H74O12/c1-6-11-13-16-21-28-38(44)49-31-34(52-42(48)30-23-17-14-12-7-2)32-50-39(45)29-22-19-15-18-20-27-35(53-40(46)25-9-4)36(54-41(47)26-10-5)33-51-37(43)24-8-3/h34-36H,6-33H2,1-5H3. The molecule has 0 rings (SSSR count). The largest absolute Gasteiger partial charge is 0.462 e. The third-order valence-electron chi connectivity index (χ3n) is 8.75. The van der Waals surface area contributed by atoms with Crippen LogP contribution in [0.15, 0.2) is 0 Å². The molecule has 0 aliphatic rings. The second kappa shape index (κ2) is 35.5. The van der Waals surface area contributed by atoms with Crippen LogP contribution in [0, 0.1) is 0 Å². The third kappa shape index (κ3) is 30.2. The van der Waals surface area contributed by atoms with Gasteiger partial charge < -0.3 is 28.4 Å². The van der Waals surface area contributed by atoms with E-state index >= 15 is 0 Å². The Kier molecular flexibility index (Phi) is 33.4. The van der Waals surface area contributed by atoms with E-state index in [1.807, 2.05) is 20.8 Å². The van der Waals surface area contributed by atoms with Crippen molar-refractivity contribution in [2.75, 3.05) is 19.8 Å². The fourth-order valence-electron chi connectivity index (χ4n) is 5.62. The molecule has 0 aromatic rings. The van der Waals surface area contributed by atoms with Crippen LogP contribution in [0.4, 0.5) is 0 Å². The zero-order valence-corrected chi connectivity index (χ0v) is 34.4. The summed E-state index contributed by atoms with van der Waals surface area (Å²) >= 11 is 0. The first-order chi connectivity index (χ1) is 26.1. The first-order valence-electron chi connectivity index (χ1n) is 21.1. The van der Waals surface area contributed by atoms with Gasteiger partial charge >= 0.3 is 35.8 Å². The molecule has 0 fully saturated rings. The number of carbonyl (C=O) groups is 6. The van der Waals surface area contributed by atoms with Gasteiger partial charge in [-0.05, 0) is 51.4 Å². The van der Waals surface area contributed by atoms with Gasteiger partial charge in [-0.2, -0.15) is 0 Å². The fraction of sp³-hybridized carbons (Fsp3) is 0.857. The quantitative estimate of drug-likeness (QED) is 0.0338. The van der Waals surface area contributed by atoms with Crippen LogP contribution in [-0.4, -0.2) is 73.9 Å². The molecule has 3 unspecified atom stereocenters. The summed E-state index contributed by atoms with van der Waals surface area (Å²) in [5, 5.41) is 0. The zero-order chi connectivity index (χ0) is 40.2. The predicted molar refractivity (Wildman–Crippen MR) is 206 cm³/mol. The van der Waals surface area contributed by atoms with Gasteiger partial charge in [0.05, 0.1) is 0 Å². The maximum absolute atomic E-state index is 12.6. The van der Waals surface area contributed by atoms with E-state index < -0.39 is 48.2 Å². The molecule has 0 amide bonds. The van der Waals surface area contributed by atoms with Gasteiger partial charge in [0.15, 0.2) is 12.2 Å². The molecule has 0 aliphatic heterocycles. The normalized spacial score (nSPS) is 12.6. The average Bonchev–Trinajstić information content (AvgIpc) is 3.13. The molecule has 0 radical (unpaired) electrons. The molecule has 0 N–H and O–H groups in total. The molecule has 0 aliphatic carbocycles. The SMILES string of the molecule is CCCCCCCC(=O)OCC(COC(=O)CCCCCCCC(OC(=O)CCC)C(COC(=O)CCC)OC(=O)CCC)OC(=O)CCCCCCC. The third-order valence-corrected chi connectivity index (χ3v) is 8.75. The summed E-state index contributed by atoms with van der Waals surface area (Å²) in [4.78, 5) is 74.2. The fourth-order valence-corrected chi connectivity index (χ4v) is 5.62. The van der Waals surface area contributed by atoms with E-state index in [-0.39, 0.29) is 57.9 Å². The Labute approximate surface area is 325 Å². The van der Waals surface area contributed by atoms with Crippen molar-refractivity contribution >= 4 is 35.8 Å². The van der Waals surface area contributed by atoms with E-state index in [0.717, 1.165) is 83.5 Å². The van der Waals surface area contributed by atoms with Crippen molar-refractivity contribution in [2.45, 2.75) is 213 Å². The van der Waals surface area contributed by atoms with Gasteiger partial charge in [0, 0.05) is 38.5 Å². The Morgan fingerprint density at radius 3 is 1.17 bits per heavy atom. The Bertz CT molecular complexity index is 1010. The van der Waals surface area contributed by atoms with Gasteiger partial charge in [-0.15, -0.1) is 0 Å². The molecule has 0 heterocycles. The van der Waals surface area contributed by atoms with Crippen molar-refractivity contribution in [3.63, 3.8) is 0 Å². The summed E-state index contributed by atoms with van der Waals surface area (Å²) in [5.41, 5.74) is 0. The van der Waals surface area contributed by atoms with Gasteiger partial charge in [0.1, 0.15) is 25.9 Å². The number of carbonyl (C=O) groups excluding carboxylic acids is 6. The van der Waals surface area contributed by atoms with Crippen LogP contribution in [-0.2, 0) is 57.2 Å². The Morgan fingerprint density at radius 1 is 0.333 bits per heavy atom. The number of rotatable bonds is 36. The highest BCUT2D eigenvalue weighted by molar-refractivity contribution is 5.72. The lowest BCUT2D eigenvalue weighted by Crippen LogP contribution is -2.39. The topological polar surface area (TPSA) is 158 Å². The van der Waals surface area contributed by atoms with Crippen molar-refractivity contribution in [1.29, 1.82) is 0 Å². The van der Waals surface area contributed by atoms with Crippen LogP contribution in [0.2, 0.25) is 0 Å². The zero-order valence-electron chi connectivity index (χ0n) is 34.4. The van der Waals surface area contributed by atoms with Crippen LogP contribution >= 0.6 is 0 Å². The number of esters is 6. The Balaban J connectivity index is 4.92. The highest BCUT2D eigenvalue weighted by Crippen LogP contribution is 2.19. The van der Waals surface area contributed by atoms with Crippen LogP contribution in [0.3, 0.4) is 0 Å². The minimum Gasteiger partial charge on any atom is -0.462 e. The molecule has 0 spiro atoms. The Morgan fingerprint density at radius 2 is 0.685 bits per heavy atom. The average molecular weight is 771 g/mol. The molecule has 0 saturated carbocycles. The van der Waals surface area contributed by atoms with Crippen molar-refractivity contribution in [1.82, 2.24) is 0 Å². The van der Waals surface area contributed by atoms with E-state index in [2.05, 4.69) is 13.8 Å². The molecule has 3 atom stereocenters. The summed E-state index contributed by atoms with van der Waals surface area (Å²) in [7, 11) is 0. The number of hydrogen-bond donors (Lipinski definition) is 0. The lowest BCUT2D eigenvalue weighted by Gasteiger charge is -2.27. The van der Waals surface area contributed by atoms with Gasteiger partial charge in [0.25, 0.3) is 0 Å². The smallest absolute Gasteiger partial charge is 0.306 e. The van der Waals surface area contributed by atoms with Crippen molar-refractivity contribution in [3.8, 4) is 0 Å². The summed E-state index contributed by atoms with van der Waals surface area (Å²) in [6, 6.07) is 0. The van der Waals surface area contributed by atoms with Gasteiger partial charge in [-0.1, -0.05) is 105 Å².